The molecule has 0 aliphatic heterocycles. The van der Waals surface area contributed by atoms with Crippen LogP contribution in [0.2, 0.25) is 0 Å². The van der Waals surface area contributed by atoms with E-state index in [1.165, 1.54) is 6.07 Å². The van der Waals surface area contributed by atoms with Gasteiger partial charge in [-0.25, -0.2) is 9.97 Å². The van der Waals surface area contributed by atoms with Gasteiger partial charge in [0.1, 0.15) is 5.69 Å². The second-order valence-electron chi connectivity index (χ2n) is 4.01. The molecule has 0 spiro atoms. The lowest BCUT2D eigenvalue weighted by atomic mass is 10.0. The van der Waals surface area contributed by atoms with Crippen molar-refractivity contribution in [3.8, 4) is 11.4 Å². The Morgan fingerprint density at radius 2 is 1.68 bits per heavy atom. The van der Waals surface area contributed by atoms with E-state index in [2.05, 4.69) is 9.97 Å². The standard InChI is InChI=1S/C12H11F3N4/c1-6-7(16)2-3-8(17)10(6)11-18-5-4-9(19-11)12(13,14)15/h2-5H,16-17H2,1H3. The number of nitrogens with zero attached hydrogens (tertiary/aromatic N) is 2. The van der Waals surface area contributed by atoms with Crippen LogP contribution < -0.4 is 11.5 Å². The highest BCUT2D eigenvalue weighted by atomic mass is 19.4. The summed E-state index contributed by atoms with van der Waals surface area (Å²) in [7, 11) is 0. The Bertz CT molecular complexity index is 623. The molecule has 0 unspecified atom stereocenters. The van der Waals surface area contributed by atoms with Crippen molar-refractivity contribution in [1.82, 2.24) is 9.97 Å². The molecular formula is C12H11F3N4. The number of anilines is 2. The summed E-state index contributed by atoms with van der Waals surface area (Å²) in [5, 5.41) is 0. The average Bonchev–Trinajstić information content (AvgIpc) is 2.34. The van der Waals surface area contributed by atoms with Crippen molar-refractivity contribution in [2.45, 2.75) is 13.1 Å². The van der Waals surface area contributed by atoms with Gasteiger partial charge in [0.05, 0.1) is 0 Å². The molecule has 2 rings (SSSR count). The van der Waals surface area contributed by atoms with E-state index < -0.39 is 11.9 Å². The fraction of sp³-hybridized carbons (Fsp3) is 0.167. The Morgan fingerprint density at radius 3 is 2.32 bits per heavy atom. The Kier molecular flexibility index (Phi) is 3.05. The summed E-state index contributed by atoms with van der Waals surface area (Å²) in [6, 6.07) is 3.91. The molecule has 2 aromatic rings. The molecule has 1 aromatic carbocycles. The minimum Gasteiger partial charge on any atom is -0.398 e. The van der Waals surface area contributed by atoms with Crippen LogP contribution in [0.3, 0.4) is 0 Å². The minimum absolute atomic E-state index is 0.0860. The molecule has 4 nitrogen and oxygen atoms in total. The van der Waals surface area contributed by atoms with Crippen LogP contribution in [0.15, 0.2) is 24.4 Å². The van der Waals surface area contributed by atoms with E-state index in [1.807, 2.05) is 0 Å². The number of rotatable bonds is 1. The third-order valence-electron chi connectivity index (χ3n) is 2.71. The van der Waals surface area contributed by atoms with E-state index in [1.54, 1.807) is 13.0 Å². The number of aromatic nitrogens is 2. The molecule has 7 heteroatoms. The molecule has 0 amide bonds. The van der Waals surface area contributed by atoms with Crippen molar-refractivity contribution in [2.24, 2.45) is 0 Å². The number of hydrogen-bond donors (Lipinski definition) is 2. The van der Waals surface area contributed by atoms with E-state index in [4.69, 9.17) is 11.5 Å². The quantitative estimate of drug-likeness (QED) is 0.779. The van der Waals surface area contributed by atoms with E-state index in [-0.39, 0.29) is 11.5 Å². The molecule has 0 aliphatic carbocycles. The lowest BCUT2D eigenvalue weighted by Gasteiger charge is -2.12. The lowest BCUT2D eigenvalue weighted by molar-refractivity contribution is -0.141. The Hall–Kier alpha value is -2.31. The smallest absolute Gasteiger partial charge is 0.398 e. The van der Waals surface area contributed by atoms with Crippen LogP contribution in [0.5, 0.6) is 0 Å². The fourth-order valence-electron chi connectivity index (χ4n) is 1.68. The molecule has 0 atom stereocenters. The Labute approximate surface area is 107 Å². The molecule has 100 valence electrons. The number of nitrogen functional groups attached to an aromatic ring is 2. The molecule has 4 N–H and O–H groups in total. The zero-order valence-electron chi connectivity index (χ0n) is 9.99. The highest BCUT2D eigenvalue weighted by Crippen LogP contribution is 2.33. The predicted molar refractivity (Wildman–Crippen MR) is 66.0 cm³/mol. The summed E-state index contributed by atoms with van der Waals surface area (Å²) in [6.45, 7) is 1.66. The molecule has 1 aromatic heterocycles. The van der Waals surface area contributed by atoms with Gasteiger partial charge in [-0.3, -0.25) is 0 Å². The van der Waals surface area contributed by atoms with Crippen LogP contribution >= 0.6 is 0 Å². The van der Waals surface area contributed by atoms with Crippen LogP contribution in [-0.4, -0.2) is 9.97 Å². The summed E-state index contributed by atoms with van der Waals surface area (Å²) in [5.41, 5.74) is 12.1. The second-order valence-corrected chi connectivity index (χ2v) is 4.01. The van der Waals surface area contributed by atoms with Gasteiger partial charge < -0.3 is 11.5 Å². The van der Waals surface area contributed by atoms with Gasteiger partial charge in [-0.2, -0.15) is 13.2 Å². The van der Waals surface area contributed by atoms with E-state index in [9.17, 15) is 13.2 Å². The average molecular weight is 268 g/mol. The summed E-state index contributed by atoms with van der Waals surface area (Å²) in [6.07, 6.45) is -3.48. The number of benzene rings is 1. The summed E-state index contributed by atoms with van der Waals surface area (Å²) >= 11 is 0. The fourth-order valence-corrected chi connectivity index (χ4v) is 1.68. The van der Waals surface area contributed by atoms with Crippen LogP contribution in [-0.2, 0) is 6.18 Å². The zero-order valence-corrected chi connectivity index (χ0v) is 9.99. The molecule has 19 heavy (non-hydrogen) atoms. The van der Waals surface area contributed by atoms with Gasteiger partial charge in [0.15, 0.2) is 5.82 Å². The number of alkyl halides is 3. The molecule has 0 bridgehead atoms. The highest BCUT2D eigenvalue weighted by molar-refractivity contribution is 5.79. The summed E-state index contributed by atoms with van der Waals surface area (Å²) < 4.78 is 37.9. The predicted octanol–water partition coefficient (Wildman–Crippen LogP) is 2.64. The van der Waals surface area contributed by atoms with Gasteiger partial charge in [-0.1, -0.05) is 0 Å². The molecule has 1 heterocycles. The molecular weight excluding hydrogens is 257 g/mol. The largest absolute Gasteiger partial charge is 0.433 e. The van der Waals surface area contributed by atoms with Gasteiger partial charge in [0.2, 0.25) is 0 Å². The first-order valence-electron chi connectivity index (χ1n) is 5.36. The number of nitrogens with two attached hydrogens (primary N) is 2. The maximum absolute atomic E-state index is 12.6. The Morgan fingerprint density at radius 1 is 1.05 bits per heavy atom. The molecule has 0 radical (unpaired) electrons. The van der Waals surface area contributed by atoms with Crippen LogP contribution in [0, 0.1) is 6.92 Å². The van der Waals surface area contributed by atoms with Crippen LogP contribution in [0.4, 0.5) is 24.5 Å². The third kappa shape index (κ3) is 2.44. The van der Waals surface area contributed by atoms with Gasteiger partial charge in [-0.15, -0.1) is 0 Å². The van der Waals surface area contributed by atoms with E-state index in [0.717, 1.165) is 12.3 Å². The van der Waals surface area contributed by atoms with Crippen molar-refractivity contribution in [3.05, 3.63) is 35.7 Å². The molecule has 0 saturated heterocycles. The lowest BCUT2D eigenvalue weighted by Crippen LogP contribution is -2.10. The first-order chi connectivity index (χ1) is 8.80. The van der Waals surface area contributed by atoms with E-state index >= 15 is 0 Å². The van der Waals surface area contributed by atoms with Gasteiger partial charge >= 0.3 is 6.18 Å². The zero-order chi connectivity index (χ0) is 14.2. The number of hydrogen-bond acceptors (Lipinski definition) is 4. The first-order valence-corrected chi connectivity index (χ1v) is 5.36. The van der Waals surface area contributed by atoms with Crippen molar-refractivity contribution in [2.75, 3.05) is 11.5 Å². The molecule has 0 saturated carbocycles. The second kappa shape index (κ2) is 4.42. The van der Waals surface area contributed by atoms with Crippen LogP contribution in [0.25, 0.3) is 11.4 Å². The highest BCUT2D eigenvalue weighted by Gasteiger charge is 2.33. The topological polar surface area (TPSA) is 77.8 Å². The summed E-state index contributed by atoms with van der Waals surface area (Å²) in [4.78, 5) is 7.34. The monoisotopic (exact) mass is 268 g/mol. The van der Waals surface area contributed by atoms with Gasteiger partial charge in [0, 0.05) is 23.1 Å². The van der Waals surface area contributed by atoms with Gasteiger partial charge in [0.25, 0.3) is 0 Å². The maximum Gasteiger partial charge on any atom is 0.433 e. The van der Waals surface area contributed by atoms with Crippen molar-refractivity contribution >= 4 is 11.4 Å². The molecule has 0 aliphatic rings. The van der Waals surface area contributed by atoms with Crippen LogP contribution in [0.1, 0.15) is 11.3 Å². The maximum atomic E-state index is 12.6. The van der Waals surface area contributed by atoms with Crippen molar-refractivity contribution < 1.29 is 13.2 Å². The van der Waals surface area contributed by atoms with Crippen molar-refractivity contribution in [1.29, 1.82) is 0 Å². The first kappa shape index (κ1) is 13.1. The Balaban J connectivity index is 2.64. The normalized spacial score (nSPS) is 11.6. The SMILES string of the molecule is Cc1c(N)ccc(N)c1-c1nccc(C(F)(F)F)n1. The van der Waals surface area contributed by atoms with E-state index in [0.29, 0.717) is 16.8 Å². The van der Waals surface area contributed by atoms with Gasteiger partial charge in [-0.05, 0) is 30.7 Å². The number of halogens is 3. The third-order valence-corrected chi connectivity index (χ3v) is 2.71. The van der Waals surface area contributed by atoms with Crippen molar-refractivity contribution in [3.63, 3.8) is 0 Å². The molecule has 0 fully saturated rings. The summed E-state index contributed by atoms with van der Waals surface area (Å²) in [5.74, 6) is -0.0860. The minimum atomic E-state index is -4.53.